The van der Waals surface area contributed by atoms with Gasteiger partial charge in [-0.25, -0.2) is 9.37 Å². The molecule has 0 amide bonds. The van der Waals surface area contributed by atoms with E-state index >= 15 is 0 Å². The summed E-state index contributed by atoms with van der Waals surface area (Å²) in [6.07, 6.45) is 0.787. The number of nitrogens with zero attached hydrogens (tertiary/aromatic N) is 2. The number of fused-ring (bicyclic) bond motifs is 1. The molecule has 0 fully saturated rings. The lowest BCUT2D eigenvalue weighted by molar-refractivity contribution is 0.112. The maximum Gasteiger partial charge on any atom is 0.153 e. The van der Waals surface area contributed by atoms with Crippen molar-refractivity contribution in [3.63, 3.8) is 0 Å². The molecule has 0 bridgehead atoms. The molecule has 0 aliphatic heterocycles. The monoisotopic (exact) mass is 280 g/mol. The largest absolute Gasteiger partial charge is 0.329 e. The Kier molecular flexibility index (Phi) is 3.36. The Morgan fingerprint density at radius 2 is 1.81 bits per heavy atom. The number of para-hydroxylation sites is 1. The first-order valence-corrected chi connectivity index (χ1v) is 6.53. The van der Waals surface area contributed by atoms with E-state index in [1.807, 2.05) is 30.3 Å². The van der Waals surface area contributed by atoms with Gasteiger partial charge in [-0.15, -0.1) is 0 Å². The zero-order valence-corrected chi connectivity index (χ0v) is 11.5. The van der Waals surface area contributed by atoms with Gasteiger partial charge in [-0.1, -0.05) is 18.2 Å². The van der Waals surface area contributed by atoms with Crippen molar-refractivity contribution in [2.24, 2.45) is 0 Å². The second kappa shape index (κ2) is 5.32. The van der Waals surface area contributed by atoms with E-state index in [4.69, 9.17) is 0 Å². The highest BCUT2D eigenvalue weighted by atomic mass is 19.1. The summed E-state index contributed by atoms with van der Waals surface area (Å²) >= 11 is 0. The minimum absolute atomic E-state index is 0.297. The molecule has 4 heteroatoms. The summed E-state index contributed by atoms with van der Waals surface area (Å²) in [5.74, 6) is 0.254. The number of halogens is 1. The van der Waals surface area contributed by atoms with Crippen molar-refractivity contribution in [2.45, 2.75) is 0 Å². The molecule has 1 heterocycles. The molecule has 0 aliphatic rings. The van der Waals surface area contributed by atoms with Gasteiger partial charge in [0.25, 0.3) is 0 Å². The summed E-state index contributed by atoms with van der Waals surface area (Å²) in [5, 5.41) is 0.913. The summed E-state index contributed by atoms with van der Waals surface area (Å²) in [7, 11) is 1.80. The third kappa shape index (κ3) is 2.48. The minimum atomic E-state index is -0.297. The molecule has 0 atom stereocenters. The third-order valence-electron chi connectivity index (χ3n) is 3.39. The van der Waals surface area contributed by atoms with E-state index in [1.165, 1.54) is 12.1 Å². The van der Waals surface area contributed by atoms with E-state index in [0.29, 0.717) is 11.4 Å². The number of rotatable bonds is 3. The van der Waals surface area contributed by atoms with Gasteiger partial charge < -0.3 is 4.90 Å². The zero-order valence-electron chi connectivity index (χ0n) is 11.5. The topological polar surface area (TPSA) is 33.2 Å². The van der Waals surface area contributed by atoms with Crippen LogP contribution in [0.1, 0.15) is 10.4 Å². The van der Waals surface area contributed by atoms with Crippen LogP contribution in [0.2, 0.25) is 0 Å². The highest BCUT2D eigenvalue weighted by Crippen LogP contribution is 2.27. The Morgan fingerprint density at radius 3 is 2.52 bits per heavy atom. The molecule has 0 spiro atoms. The molecule has 0 unspecified atom stereocenters. The van der Waals surface area contributed by atoms with Gasteiger partial charge in [0.1, 0.15) is 11.6 Å². The van der Waals surface area contributed by atoms with Crippen LogP contribution < -0.4 is 4.90 Å². The number of carbonyl (C=O) groups excluding carboxylic acids is 1. The van der Waals surface area contributed by atoms with E-state index < -0.39 is 0 Å². The lowest BCUT2D eigenvalue weighted by atomic mass is 10.1. The molecule has 104 valence electrons. The van der Waals surface area contributed by atoms with Gasteiger partial charge >= 0.3 is 0 Å². The van der Waals surface area contributed by atoms with Gasteiger partial charge in [-0.05, 0) is 36.4 Å². The van der Waals surface area contributed by atoms with Gasteiger partial charge in [-0.3, -0.25) is 4.79 Å². The predicted octanol–water partition coefficient (Wildman–Crippen LogP) is 3.95. The van der Waals surface area contributed by atoms with Crippen molar-refractivity contribution < 1.29 is 9.18 Å². The Bertz CT molecular complexity index is 799. The predicted molar refractivity (Wildman–Crippen MR) is 81.6 cm³/mol. The number of aldehydes is 1. The fourth-order valence-electron chi connectivity index (χ4n) is 2.26. The van der Waals surface area contributed by atoms with Gasteiger partial charge in [0.2, 0.25) is 0 Å². The first kappa shape index (κ1) is 13.2. The lowest BCUT2D eigenvalue weighted by Gasteiger charge is -2.20. The van der Waals surface area contributed by atoms with Crippen molar-refractivity contribution in [1.82, 2.24) is 4.98 Å². The first-order chi connectivity index (χ1) is 10.2. The van der Waals surface area contributed by atoms with Crippen molar-refractivity contribution in [3.8, 4) is 0 Å². The van der Waals surface area contributed by atoms with Crippen LogP contribution in [0.5, 0.6) is 0 Å². The van der Waals surface area contributed by atoms with Crippen LogP contribution in [0, 0.1) is 5.82 Å². The Labute approximate surface area is 121 Å². The molecule has 3 aromatic rings. The number of pyridine rings is 1. The van der Waals surface area contributed by atoms with Crippen molar-refractivity contribution in [1.29, 1.82) is 0 Å². The number of aromatic nitrogens is 1. The molecule has 1 aromatic heterocycles. The van der Waals surface area contributed by atoms with Gasteiger partial charge in [0, 0.05) is 18.1 Å². The molecule has 0 saturated heterocycles. The number of benzene rings is 2. The average Bonchev–Trinajstić information content (AvgIpc) is 2.53. The number of anilines is 2. The number of hydrogen-bond acceptors (Lipinski definition) is 3. The van der Waals surface area contributed by atoms with Crippen LogP contribution >= 0.6 is 0 Å². The Balaban J connectivity index is 2.13. The van der Waals surface area contributed by atoms with Crippen molar-refractivity contribution in [2.75, 3.05) is 11.9 Å². The fourth-order valence-corrected chi connectivity index (χ4v) is 2.26. The van der Waals surface area contributed by atoms with Crippen LogP contribution in [0.15, 0.2) is 54.6 Å². The quantitative estimate of drug-likeness (QED) is 0.681. The smallest absolute Gasteiger partial charge is 0.153 e. The van der Waals surface area contributed by atoms with Crippen LogP contribution in [-0.2, 0) is 0 Å². The molecule has 0 saturated carbocycles. The Hall–Kier alpha value is -2.75. The summed E-state index contributed by atoms with van der Waals surface area (Å²) in [5.41, 5.74) is 2.08. The maximum absolute atomic E-state index is 13.0. The second-order valence-electron chi connectivity index (χ2n) is 4.75. The highest BCUT2D eigenvalue weighted by molar-refractivity contribution is 5.92. The minimum Gasteiger partial charge on any atom is -0.329 e. The molecule has 2 aromatic carbocycles. The van der Waals surface area contributed by atoms with E-state index in [1.54, 1.807) is 24.1 Å². The molecular weight excluding hydrogens is 267 g/mol. The molecule has 0 radical (unpaired) electrons. The van der Waals surface area contributed by atoms with E-state index in [-0.39, 0.29) is 5.82 Å². The number of carbonyl (C=O) groups is 1. The molecule has 3 nitrogen and oxygen atoms in total. The zero-order chi connectivity index (χ0) is 14.8. The van der Waals surface area contributed by atoms with Crippen molar-refractivity contribution >= 4 is 28.7 Å². The standard InChI is InChI=1S/C17H13FN2O/c1-20(15-8-6-14(18)7-9-15)17-13(11-21)10-12-4-2-3-5-16(12)19-17/h2-11H,1H3. The molecule has 0 aliphatic carbocycles. The van der Waals surface area contributed by atoms with Gasteiger partial charge in [-0.2, -0.15) is 0 Å². The maximum atomic E-state index is 13.0. The summed E-state index contributed by atoms with van der Waals surface area (Å²) in [6.45, 7) is 0. The van der Waals surface area contributed by atoms with Gasteiger partial charge in [0.15, 0.2) is 6.29 Å². The Morgan fingerprint density at radius 1 is 1.10 bits per heavy atom. The summed E-state index contributed by atoms with van der Waals surface area (Å²) < 4.78 is 13.0. The number of hydrogen-bond donors (Lipinski definition) is 0. The normalized spacial score (nSPS) is 10.6. The SMILES string of the molecule is CN(c1ccc(F)cc1)c1nc2ccccc2cc1C=O. The first-order valence-electron chi connectivity index (χ1n) is 6.53. The summed E-state index contributed by atoms with van der Waals surface area (Å²) in [4.78, 5) is 17.7. The third-order valence-corrected chi connectivity index (χ3v) is 3.39. The van der Waals surface area contributed by atoms with Crippen LogP contribution in [-0.4, -0.2) is 18.3 Å². The van der Waals surface area contributed by atoms with Gasteiger partial charge in [0.05, 0.1) is 11.1 Å². The highest BCUT2D eigenvalue weighted by Gasteiger charge is 2.12. The van der Waals surface area contributed by atoms with Crippen LogP contribution in [0.3, 0.4) is 0 Å². The second-order valence-corrected chi connectivity index (χ2v) is 4.75. The van der Waals surface area contributed by atoms with E-state index in [0.717, 1.165) is 22.9 Å². The van der Waals surface area contributed by atoms with Crippen molar-refractivity contribution in [3.05, 3.63) is 66.0 Å². The van der Waals surface area contributed by atoms with Crippen LogP contribution in [0.25, 0.3) is 10.9 Å². The molecular formula is C17H13FN2O. The fraction of sp³-hybridized carbons (Fsp3) is 0.0588. The van der Waals surface area contributed by atoms with E-state index in [2.05, 4.69) is 4.98 Å². The average molecular weight is 280 g/mol. The molecule has 0 N–H and O–H groups in total. The molecule has 3 rings (SSSR count). The van der Waals surface area contributed by atoms with E-state index in [9.17, 15) is 9.18 Å². The lowest BCUT2D eigenvalue weighted by Crippen LogP contribution is -2.13. The molecule has 21 heavy (non-hydrogen) atoms. The van der Waals surface area contributed by atoms with Crippen LogP contribution in [0.4, 0.5) is 15.9 Å². The summed E-state index contributed by atoms with van der Waals surface area (Å²) in [6, 6.07) is 15.5.